The van der Waals surface area contributed by atoms with Gasteiger partial charge in [0.15, 0.2) is 11.4 Å². The molecule has 3 aliphatic carbocycles. The van der Waals surface area contributed by atoms with Crippen LogP contribution < -0.4 is 5.73 Å². The van der Waals surface area contributed by atoms with E-state index in [4.69, 9.17) is 10.6 Å². The van der Waals surface area contributed by atoms with Crippen molar-refractivity contribution in [2.75, 3.05) is 34.3 Å². The van der Waals surface area contributed by atoms with E-state index in [1.807, 2.05) is 25.8 Å². The van der Waals surface area contributed by atoms with Gasteiger partial charge in [0, 0.05) is 24.6 Å². The quantitative estimate of drug-likeness (QED) is 0.175. The molecule has 0 spiro atoms. The van der Waals surface area contributed by atoms with E-state index in [0.717, 1.165) is 11.3 Å². The largest absolute Gasteiger partial charge is 0.510 e. The monoisotopic (exact) mass is 556 g/mol. The molecule has 1 aromatic carbocycles. The van der Waals surface area contributed by atoms with Crippen LogP contribution in [0.2, 0.25) is 0 Å². The number of carbonyl (C=O) groups excluding carboxylic acids is 3. The molecule has 0 unspecified atom stereocenters. The van der Waals surface area contributed by atoms with Crippen LogP contribution in [0.25, 0.3) is 0 Å². The lowest BCUT2D eigenvalue weighted by molar-refractivity contribution is -0.148. The minimum atomic E-state index is -2.66. The Balaban J connectivity index is 1.80. The number of benzene rings is 1. The number of hydrogen-bond donors (Lipinski definition) is 5. The number of aliphatic hydroxyl groups excluding tert-OH is 2. The summed E-state index contributed by atoms with van der Waals surface area (Å²) in [5, 5.41) is 48.7. The van der Waals surface area contributed by atoms with Crippen molar-refractivity contribution in [1.29, 1.82) is 0 Å². The number of carbonyl (C=O) groups is 3. The van der Waals surface area contributed by atoms with Crippen LogP contribution in [0.4, 0.5) is 0 Å². The number of aromatic hydroxyl groups is 1. The molecule has 0 aliphatic heterocycles. The number of ketones is 2. The molecule has 12 nitrogen and oxygen atoms in total. The van der Waals surface area contributed by atoms with Crippen LogP contribution in [0.1, 0.15) is 41.8 Å². The summed E-state index contributed by atoms with van der Waals surface area (Å²) in [5.74, 6) is -6.68. The van der Waals surface area contributed by atoms with Crippen molar-refractivity contribution in [3.63, 3.8) is 0 Å². The van der Waals surface area contributed by atoms with Crippen molar-refractivity contribution in [2.24, 2.45) is 22.7 Å². The van der Waals surface area contributed by atoms with E-state index >= 15 is 0 Å². The van der Waals surface area contributed by atoms with Crippen LogP contribution in [-0.2, 0) is 27.4 Å². The third-order valence-corrected chi connectivity index (χ3v) is 7.99. The van der Waals surface area contributed by atoms with E-state index in [1.54, 1.807) is 20.2 Å². The second-order valence-corrected chi connectivity index (χ2v) is 11.0. The second-order valence-electron chi connectivity index (χ2n) is 11.0. The number of rotatable bonds is 8. The lowest BCUT2D eigenvalue weighted by Crippen LogP contribution is -2.63. The van der Waals surface area contributed by atoms with Crippen LogP contribution >= 0.6 is 0 Å². The van der Waals surface area contributed by atoms with Crippen molar-refractivity contribution in [1.82, 2.24) is 9.80 Å². The Morgan fingerprint density at radius 1 is 1.20 bits per heavy atom. The van der Waals surface area contributed by atoms with Crippen molar-refractivity contribution in [3.05, 3.63) is 51.5 Å². The van der Waals surface area contributed by atoms with Crippen LogP contribution in [0.5, 0.6) is 5.75 Å². The molecular formula is C28H36N4O8. The van der Waals surface area contributed by atoms with Gasteiger partial charge in [0.25, 0.3) is 5.91 Å². The van der Waals surface area contributed by atoms with E-state index in [1.165, 1.54) is 11.0 Å². The van der Waals surface area contributed by atoms with Crippen molar-refractivity contribution >= 4 is 23.2 Å². The standard InChI is InChI=1S/C28H36N4O8/c1-6-40-30-13(2)11-32(5)12-14-7-8-18(33)20-16(14)9-15-10-17-22(31(3)4)24(35)21(27(29)38)26(37)28(17,39)25(36)19(15)23(20)34/h7-8,15,17,22,33,35-36,39H,6,9-12H2,1-5H3,(H2,29,38)/b30-13-/t15-,17-,22-,28-/m0/s1. The molecule has 0 saturated carbocycles. The highest BCUT2D eigenvalue weighted by Crippen LogP contribution is 2.52. The smallest absolute Gasteiger partial charge is 0.255 e. The Morgan fingerprint density at radius 3 is 2.48 bits per heavy atom. The Morgan fingerprint density at radius 2 is 1.88 bits per heavy atom. The summed E-state index contributed by atoms with van der Waals surface area (Å²) in [7, 11) is 5.07. The number of fused-ring (bicyclic) bond motifs is 3. The number of likely N-dealkylation sites (N-methyl/N-ethyl adjacent to an activating group) is 1. The van der Waals surface area contributed by atoms with E-state index in [9.17, 15) is 34.8 Å². The van der Waals surface area contributed by atoms with Crippen LogP contribution in [0.15, 0.2) is 40.0 Å². The first-order valence-electron chi connectivity index (χ1n) is 13.1. The topological polar surface area (TPSA) is 186 Å². The molecule has 216 valence electrons. The first-order valence-corrected chi connectivity index (χ1v) is 13.1. The minimum absolute atomic E-state index is 0.00797. The molecular weight excluding hydrogens is 520 g/mol. The maximum atomic E-state index is 13.8. The number of nitrogens with two attached hydrogens (primary N) is 1. The fourth-order valence-electron chi connectivity index (χ4n) is 6.40. The van der Waals surface area contributed by atoms with Gasteiger partial charge in [-0.25, -0.2) is 0 Å². The van der Waals surface area contributed by atoms with Gasteiger partial charge in [-0.2, -0.15) is 0 Å². The van der Waals surface area contributed by atoms with Gasteiger partial charge in [-0.1, -0.05) is 11.2 Å². The van der Waals surface area contributed by atoms with Gasteiger partial charge in [-0.3, -0.25) is 24.2 Å². The average molecular weight is 557 g/mol. The molecule has 0 saturated heterocycles. The zero-order chi connectivity index (χ0) is 29.7. The molecule has 0 radical (unpaired) electrons. The molecule has 4 rings (SSSR count). The SMILES string of the molecule is CCO/N=C(/C)CN(C)Cc1ccc(O)c2c1C[C@H]1C[C@H]3[C@H](N(C)C)C(O)=C(C(N)=O)C(=O)[C@@]3(O)C(O)=C1C2=O. The average Bonchev–Trinajstić information content (AvgIpc) is 2.86. The molecule has 4 atom stereocenters. The number of oxime groups is 1. The molecule has 0 bridgehead atoms. The van der Waals surface area contributed by atoms with Gasteiger partial charge in [-0.15, -0.1) is 0 Å². The number of amides is 1. The first-order chi connectivity index (χ1) is 18.7. The molecule has 0 aromatic heterocycles. The summed E-state index contributed by atoms with van der Waals surface area (Å²) in [6.07, 6.45) is 0.273. The summed E-state index contributed by atoms with van der Waals surface area (Å²) in [6.45, 7) is 5.04. The number of phenols is 1. The Bertz CT molecular complexity index is 1360. The third kappa shape index (κ3) is 4.55. The highest BCUT2D eigenvalue weighted by molar-refractivity contribution is 6.24. The minimum Gasteiger partial charge on any atom is -0.510 e. The zero-order valence-electron chi connectivity index (χ0n) is 23.3. The molecule has 0 heterocycles. The highest BCUT2D eigenvalue weighted by Gasteiger charge is 2.63. The summed E-state index contributed by atoms with van der Waals surface area (Å²) >= 11 is 0. The van der Waals surface area contributed by atoms with E-state index in [0.29, 0.717) is 25.3 Å². The predicted molar refractivity (Wildman–Crippen MR) is 145 cm³/mol. The number of allylic oxidation sites excluding steroid dienone is 1. The zero-order valence-corrected chi connectivity index (χ0v) is 23.3. The maximum Gasteiger partial charge on any atom is 0.255 e. The number of nitrogens with zero attached hydrogens (tertiary/aromatic N) is 3. The number of primary amides is 1. The lowest BCUT2D eigenvalue weighted by atomic mass is 9.58. The van der Waals surface area contributed by atoms with Crippen LogP contribution in [0.3, 0.4) is 0 Å². The van der Waals surface area contributed by atoms with E-state index in [2.05, 4.69) is 5.16 Å². The van der Waals surface area contributed by atoms with Crippen LogP contribution in [-0.4, -0.2) is 99.3 Å². The Kier molecular flexibility index (Phi) is 7.81. The molecule has 0 fully saturated rings. The highest BCUT2D eigenvalue weighted by atomic mass is 16.6. The second kappa shape index (κ2) is 10.7. The lowest BCUT2D eigenvalue weighted by Gasteiger charge is -2.50. The summed E-state index contributed by atoms with van der Waals surface area (Å²) < 4.78 is 0. The van der Waals surface area contributed by atoms with Gasteiger partial charge in [0.1, 0.15) is 29.4 Å². The summed E-state index contributed by atoms with van der Waals surface area (Å²) in [5.41, 5.74) is 3.84. The molecule has 6 N–H and O–H groups in total. The maximum absolute atomic E-state index is 13.8. The van der Waals surface area contributed by atoms with E-state index < -0.39 is 58.0 Å². The Hall–Kier alpha value is -3.74. The van der Waals surface area contributed by atoms with Crippen molar-refractivity contribution < 1.29 is 39.6 Å². The number of aliphatic hydroxyl groups is 3. The van der Waals surface area contributed by atoms with Crippen molar-refractivity contribution in [2.45, 2.75) is 44.9 Å². The van der Waals surface area contributed by atoms with Gasteiger partial charge >= 0.3 is 0 Å². The van der Waals surface area contributed by atoms with E-state index in [-0.39, 0.29) is 29.7 Å². The fraction of sp³-hybridized carbons (Fsp3) is 0.500. The van der Waals surface area contributed by atoms with Gasteiger partial charge in [-0.05, 0) is 70.9 Å². The molecule has 3 aliphatic rings. The molecule has 12 heteroatoms. The number of Topliss-reactive ketones (excluding diaryl/α,β-unsaturated/α-hetero) is 2. The normalized spacial score (nSPS) is 26.7. The van der Waals surface area contributed by atoms with Crippen molar-refractivity contribution in [3.8, 4) is 5.75 Å². The molecule has 1 aromatic rings. The summed E-state index contributed by atoms with van der Waals surface area (Å²) in [4.78, 5) is 47.9. The van der Waals surface area contributed by atoms with Gasteiger partial charge < -0.3 is 31.0 Å². The number of hydrogen-bond acceptors (Lipinski definition) is 11. The molecule has 1 amide bonds. The fourth-order valence-corrected chi connectivity index (χ4v) is 6.40. The van der Waals surface area contributed by atoms with Gasteiger partial charge in [0.05, 0.1) is 17.3 Å². The summed E-state index contributed by atoms with van der Waals surface area (Å²) in [6, 6.07) is 2.10. The third-order valence-electron chi connectivity index (χ3n) is 7.99. The molecule has 40 heavy (non-hydrogen) atoms. The van der Waals surface area contributed by atoms with Gasteiger partial charge in [0.2, 0.25) is 5.78 Å². The first kappa shape index (κ1) is 29.2. The predicted octanol–water partition coefficient (Wildman–Crippen LogP) is 0.965. The Labute approximate surface area is 232 Å². The van der Waals surface area contributed by atoms with Crippen LogP contribution in [0, 0.1) is 11.8 Å². The number of phenolic OH excluding ortho intramolecular Hbond substituents is 1.